The van der Waals surface area contributed by atoms with Gasteiger partial charge in [0.1, 0.15) is 0 Å². The minimum absolute atomic E-state index is 0.362. The number of likely N-dealkylation sites (tertiary alicyclic amines) is 1. The summed E-state index contributed by atoms with van der Waals surface area (Å²) >= 11 is 0. The molecule has 0 aromatic carbocycles. The molecule has 0 atom stereocenters. The van der Waals surface area contributed by atoms with Crippen LogP contribution in [0.15, 0.2) is 12.4 Å². The SMILES string of the molecule is Fc1cnc(N2CCC3(CCCN3CC3CC3)CC2)nc1. The first kappa shape index (κ1) is 13.4. The third-order valence-electron chi connectivity index (χ3n) is 5.50. The second-order valence-electron chi connectivity index (χ2n) is 6.91. The summed E-state index contributed by atoms with van der Waals surface area (Å²) in [5.41, 5.74) is 0.430. The van der Waals surface area contributed by atoms with Crippen molar-refractivity contribution in [1.29, 1.82) is 0 Å². The zero-order valence-electron chi connectivity index (χ0n) is 12.5. The van der Waals surface area contributed by atoms with Crippen molar-refractivity contribution in [3.05, 3.63) is 18.2 Å². The van der Waals surface area contributed by atoms with Crippen molar-refractivity contribution >= 4 is 5.95 Å². The van der Waals surface area contributed by atoms with Gasteiger partial charge in [0.25, 0.3) is 0 Å². The van der Waals surface area contributed by atoms with E-state index in [1.165, 1.54) is 64.0 Å². The third kappa shape index (κ3) is 2.63. The molecule has 4 nitrogen and oxygen atoms in total. The first-order valence-corrected chi connectivity index (χ1v) is 8.23. The molecule has 114 valence electrons. The summed E-state index contributed by atoms with van der Waals surface area (Å²) < 4.78 is 12.9. The molecule has 1 spiro atoms. The number of hydrogen-bond donors (Lipinski definition) is 0. The van der Waals surface area contributed by atoms with E-state index in [0.29, 0.717) is 11.5 Å². The van der Waals surface area contributed by atoms with E-state index >= 15 is 0 Å². The van der Waals surface area contributed by atoms with E-state index < -0.39 is 0 Å². The highest BCUT2D eigenvalue weighted by Crippen LogP contribution is 2.42. The molecule has 1 aromatic heterocycles. The molecular formula is C16H23FN4. The van der Waals surface area contributed by atoms with E-state index in [-0.39, 0.29) is 5.82 Å². The van der Waals surface area contributed by atoms with Crippen LogP contribution < -0.4 is 4.90 Å². The van der Waals surface area contributed by atoms with Crippen LogP contribution in [0.1, 0.15) is 38.5 Å². The van der Waals surface area contributed by atoms with Gasteiger partial charge in [-0.3, -0.25) is 4.90 Å². The first-order chi connectivity index (χ1) is 10.3. The molecule has 0 N–H and O–H groups in total. The summed E-state index contributed by atoms with van der Waals surface area (Å²) in [6.07, 6.45) is 10.5. The molecule has 0 radical (unpaired) electrons. The van der Waals surface area contributed by atoms with Gasteiger partial charge in [-0.15, -0.1) is 0 Å². The highest BCUT2D eigenvalue weighted by Gasteiger charge is 2.44. The molecule has 0 bridgehead atoms. The van der Waals surface area contributed by atoms with Crippen LogP contribution >= 0.6 is 0 Å². The fourth-order valence-corrected chi connectivity index (χ4v) is 4.05. The summed E-state index contributed by atoms with van der Waals surface area (Å²) in [5.74, 6) is 1.29. The number of nitrogens with zero attached hydrogens (tertiary/aromatic N) is 4. The van der Waals surface area contributed by atoms with Crippen LogP contribution in [0.2, 0.25) is 0 Å². The molecule has 3 aliphatic rings. The van der Waals surface area contributed by atoms with Crippen LogP contribution in [0.3, 0.4) is 0 Å². The van der Waals surface area contributed by atoms with Gasteiger partial charge >= 0.3 is 0 Å². The summed E-state index contributed by atoms with van der Waals surface area (Å²) in [4.78, 5) is 13.2. The molecular weight excluding hydrogens is 267 g/mol. The Morgan fingerprint density at radius 3 is 2.48 bits per heavy atom. The van der Waals surface area contributed by atoms with Crippen LogP contribution in [-0.4, -0.2) is 46.6 Å². The predicted octanol–water partition coefficient (Wildman–Crippen LogP) is 2.46. The summed E-state index contributed by atoms with van der Waals surface area (Å²) in [6.45, 7) is 4.58. The molecule has 3 fully saturated rings. The van der Waals surface area contributed by atoms with Crippen LogP contribution in [0, 0.1) is 11.7 Å². The zero-order chi connectivity index (χ0) is 14.3. The predicted molar refractivity (Wildman–Crippen MR) is 79.7 cm³/mol. The topological polar surface area (TPSA) is 32.3 Å². The third-order valence-corrected chi connectivity index (χ3v) is 5.50. The van der Waals surface area contributed by atoms with Gasteiger partial charge in [0.15, 0.2) is 5.82 Å². The molecule has 0 amide bonds. The van der Waals surface area contributed by atoms with E-state index in [4.69, 9.17) is 0 Å². The van der Waals surface area contributed by atoms with Crippen molar-refractivity contribution in [1.82, 2.24) is 14.9 Å². The second-order valence-corrected chi connectivity index (χ2v) is 6.91. The molecule has 21 heavy (non-hydrogen) atoms. The average Bonchev–Trinajstić information content (AvgIpc) is 3.24. The van der Waals surface area contributed by atoms with Gasteiger partial charge in [-0.25, -0.2) is 14.4 Å². The highest BCUT2D eigenvalue weighted by atomic mass is 19.1. The molecule has 0 unspecified atom stereocenters. The van der Waals surface area contributed by atoms with Crippen molar-refractivity contribution < 1.29 is 4.39 Å². The Hall–Kier alpha value is -1.23. The normalized spacial score (nSPS) is 25.7. The van der Waals surface area contributed by atoms with E-state index in [2.05, 4.69) is 19.8 Å². The Balaban J connectivity index is 1.42. The van der Waals surface area contributed by atoms with E-state index in [1.54, 1.807) is 0 Å². The molecule has 5 heteroatoms. The minimum atomic E-state index is -0.362. The van der Waals surface area contributed by atoms with Crippen molar-refractivity contribution in [2.24, 2.45) is 5.92 Å². The lowest BCUT2D eigenvalue weighted by Crippen LogP contribution is -2.53. The molecule has 3 heterocycles. The lowest BCUT2D eigenvalue weighted by molar-refractivity contribution is 0.102. The smallest absolute Gasteiger partial charge is 0.225 e. The molecule has 2 saturated heterocycles. The zero-order valence-corrected chi connectivity index (χ0v) is 12.5. The van der Waals surface area contributed by atoms with Crippen LogP contribution in [0.5, 0.6) is 0 Å². The van der Waals surface area contributed by atoms with Crippen molar-refractivity contribution in [2.45, 2.75) is 44.1 Å². The van der Waals surface area contributed by atoms with Gasteiger partial charge in [0, 0.05) is 25.2 Å². The van der Waals surface area contributed by atoms with Crippen LogP contribution in [0.4, 0.5) is 10.3 Å². The second kappa shape index (κ2) is 5.20. The maximum Gasteiger partial charge on any atom is 0.225 e. The Bertz CT molecular complexity index is 492. The Labute approximate surface area is 125 Å². The monoisotopic (exact) mass is 290 g/mol. The standard InChI is InChI=1S/C16H23FN4/c17-14-10-18-15(19-11-14)20-8-5-16(6-9-20)4-1-7-21(16)12-13-2-3-13/h10-11,13H,1-9,12H2. The first-order valence-electron chi connectivity index (χ1n) is 8.23. The number of hydrogen-bond acceptors (Lipinski definition) is 4. The summed E-state index contributed by atoms with van der Waals surface area (Å²) in [5, 5.41) is 0. The highest BCUT2D eigenvalue weighted by molar-refractivity contribution is 5.30. The minimum Gasteiger partial charge on any atom is -0.341 e. The van der Waals surface area contributed by atoms with Gasteiger partial charge in [-0.2, -0.15) is 0 Å². The van der Waals surface area contributed by atoms with Gasteiger partial charge in [-0.05, 0) is 51.0 Å². The lowest BCUT2D eigenvalue weighted by Gasteiger charge is -2.45. The van der Waals surface area contributed by atoms with Gasteiger partial charge < -0.3 is 4.90 Å². The lowest BCUT2D eigenvalue weighted by atomic mass is 9.85. The molecule has 4 rings (SSSR count). The van der Waals surface area contributed by atoms with Crippen molar-refractivity contribution in [2.75, 3.05) is 31.1 Å². The number of rotatable bonds is 3. The molecule has 1 saturated carbocycles. The quantitative estimate of drug-likeness (QED) is 0.856. The number of piperidine rings is 1. The Morgan fingerprint density at radius 2 is 1.81 bits per heavy atom. The number of halogens is 1. The largest absolute Gasteiger partial charge is 0.341 e. The van der Waals surface area contributed by atoms with E-state index in [9.17, 15) is 4.39 Å². The molecule has 1 aliphatic carbocycles. The fourth-order valence-electron chi connectivity index (χ4n) is 4.05. The number of aromatic nitrogens is 2. The Kier molecular flexibility index (Phi) is 3.32. The van der Waals surface area contributed by atoms with Gasteiger partial charge in [0.05, 0.1) is 12.4 Å². The fraction of sp³-hybridized carbons (Fsp3) is 0.750. The van der Waals surface area contributed by atoms with E-state index in [1.807, 2.05) is 0 Å². The van der Waals surface area contributed by atoms with Crippen molar-refractivity contribution in [3.8, 4) is 0 Å². The molecule has 2 aliphatic heterocycles. The van der Waals surface area contributed by atoms with Crippen molar-refractivity contribution in [3.63, 3.8) is 0 Å². The van der Waals surface area contributed by atoms with Gasteiger partial charge in [0.2, 0.25) is 5.95 Å². The maximum absolute atomic E-state index is 12.9. The van der Waals surface area contributed by atoms with Crippen LogP contribution in [-0.2, 0) is 0 Å². The summed E-state index contributed by atoms with van der Waals surface area (Å²) in [7, 11) is 0. The maximum atomic E-state index is 12.9. The number of anilines is 1. The molecule has 1 aromatic rings. The van der Waals surface area contributed by atoms with E-state index in [0.717, 1.165) is 19.0 Å². The van der Waals surface area contributed by atoms with Crippen LogP contribution in [0.25, 0.3) is 0 Å². The summed E-state index contributed by atoms with van der Waals surface area (Å²) in [6, 6.07) is 0. The average molecular weight is 290 g/mol. The van der Waals surface area contributed by atoms with Gasteiger partial charge in [-0.1, -0.05) is 0 Å². The Morgan fingerprint density at radius 1 is 1.10 bits per heavy atom.